The maximum Gasteiger partial charge on any atom is 0.435 e. The highest BCUT2D eigenvalue weighted by Gasteiger charge is 2.47. The van der Waals surface area contributed by atoms with Crippen molar-refractivity contribution >= 4 is 17.8 Å². The van der Waals surface area contributed by atoms with Gasteiger partial charge in [0, 0.05) is 18.7 Å². The van der Waals surface area contributed by atoms with Gasteiger partial charge in [0.1, 0.15) is 11.2 Å². The van der Waals surface area contributed by atoms with Gasteiger partial charge < -0.3 is 10.2 Å². The molecule has 1 aromatic rings. The molecule has 0 spiro atoms. The van der Waals surface area contributed by atoms with Crippen molar-refractivity contribution in [2.24, 2.45) is 0 Å². The molecule has 3 fully saturated rings. The molecule has 1 aromatic heterocycles. The molecule has 0 radical (unpaired) electrons. The number of likely N-dealkylation sites (tertiary alicyclic amines) is 1. The van der Waals surface area contributed by atoms with Crippen LogP contribution >= 0.6 is 0 Å². The molecule has 3 heterocycles. The van der Waals surface area contributed by atoms with Crippen LogP contribution in [0.5, 0.6) is 0 Å². The zero-order valence-corrected chi connectivity index (χ0v) is 15.2. The maximum atomic E-state index is 13.1. The van der Waals surface area contributed by atoms with Crippen LogP contribution in [0.25, 0.3) is 0 Å². The normalized spacial score (nSPS) is 27.9. The Morgan fingerprint density at radius 1 is 1.32 bits per heavy atom. The minimum atomic E-state index is -4.63. The number of carbonyl (C=O) groups excluding carboxylic acids is 3. The molecule has 2 aliphatic heterocycles. The highest BCUT2D eigenvalue weighted by molar-refractivity contribution is 6.06. The lowest BCUT2D eigenvalue weighted by Gasteiger charge is -2.30. The number of amides is 4. The Balaban J connectivity index is 1.58. The first kappa shape index (κ1) is 18.8. The lowest BCUT2D eigenvalue weighted by molar-refractivity contribution is -0.141. The number of urea groups is 1. The highest BCUT2D eigenvalue weighted by Crippen LogP contribution is 2.39. The molecule has 0 bridgehead atoms. The van der Waals surface area contributed by atoms with E-state index in [2.05, 4.69) is 15.7 Å². The maximum absolute atomic E-state index is 13.1. The van der Waals surface area contributed by atoms with Gasteiger partial charge in [-0.15, -0.1) is 0 Å². The average molecular weight is 399 g/mol. The van der Waals surface area contributed by atoms with Gasteiger partial charge in [0.25, 0.3) is 11.8 Å². The van der Waals surface area contributed by atoms with Gasteiger partial charge in [-0.25, -0.2) is 4.79 Å². The van der Waals surface area contributed by atoms with E-state index in [1.54, 1.807) is 6.92 Å². The second-order valence-electron chi connectivity index (χ2n) is 7.83. The summed E-state index contributed by atoms with van der Waals surface area (Å²) in [5, 5.41) is 8.37. The van der Waals surface area contributed by atoms with Gasteiger partial charge in [0.05, 0.1) is 6.04 Å². The minimum absolute atomic E-state index is 0.0770. The molecule has 11 heteroatoms. The molecule has 0 aromatic carbocycles. The summed E-state index contributed by atoms with van der Waals surface area (Å²) >= 11 is 0. The predicted molar refractivity (Wildman–Crippen MR) is 89.3 cm³/mol. The van der Waals surface area contributed by atoms with Gasteiger partial charge in [-0.1, -0.05) is 0 Å². The number of aromatic nitrogens is 2. The van der Waals surface area contributed by atoms with Gasteiger partial charge in [-0.05, 0) is 39.0 Å². The van der Waals surface area contributed by atoms with E-state index in [1.165, 1.54) is 9.58 Å². The molecule has 2 atom stereocenters. The molecule has 3 aliphatic rings. The summed E-state index contributed by atoms with van der Waals surface area (Å²) in [6, 6.07) is -0.334. The van der Waals surface area contributed by atoms with Crippen LogP contribution in [0.3, 0.4) is 0 Å². The number of nitrogens with zero attached hydrogens (tertiary/aromatic N) is 3. The summed E-state index contributed by atoms with van der Waals surface area (Å²) in [5.74, 6) is -0.995. The Kier molecular flexibility index (Phi) is 4.16. The third kappa shape index (κ3) is 3.22. The van der Waals surface area contributed by atoms with Crippen molar-refractivity contribution in [3.05, 3.63) is 17.5 Å². The summed E-state index contributed by atoms with van der Waals surface area (Å²) in [7, 11) is 0. The van der Waals surface area contributed by atoms with Crippen LogP contribution in [0.15, 0.2) is 6.07 Å². The standard InChI is InChI=1S/C17H20F3N5O3/c1-16(14(27)21-15(28)22-16)8-10-3-2-6-24(10)13(26)11-7-12(17(18,19)20)23-25(11)9-4-5-9/h7,9-10H,2-6,8H2,1H3,(H2,21,22,27,28). The Bertz CT molecular complexity index is 848. The summed E-state index contributed by atoms with van der Waals surface area (Å²) < 4.78 is 40.5. The number of halogens is 3. The van der Waals surface area contributed by atoms with Crippen LogP contribution < -0.4 is 10.6 Å². The topological polar surface area (TPSA) is 96.3 Å². The van der Waals surface area contributed by atoms with Crippen LogP contribution in [-0.4, -0.2) is 50.7 Å². The number of alkyl halides is 3. The number of rotatable bonds is 4. The van der Waals surface area contributed by atoms with Crippen molar-refractivity contribution in [3.8, 4) is 0 Å². The fourth-order valence-corrected chi connectivity index (χ4v) is 3.95. The largest absolute Gasteiger partial charge is 0.435 e. The predicted octanol–water partition coefficient (Wildman–Crippen LogP) is 1.83. The first-order valence-corrected chi connectivity index (χ1v) is 9.20. The van der Waals surface area contributed by atoms with E-state index in [0.717, 1.165) is 6.07 Å². The van der Waals surface area contributed by atoms with Gasteiger partial charge in [0.2, 0.25) is 0 Å². The molecule has 152 valence electrons. The van der Waals surface area contributed by atoms with Crippen LogP contribution in [0.4, 0.5) is 18.0 Å². The summed E-state index contributed by atoms with van der Waals surface area (Å²) in [6.45, 7) is 1.96. The Hall–Kier alpha value is -2.59. The zero-order valence-electron chi connectivity index (χ0n) is 15.2. The third-order valence-electron chi connectivity index (χ3n) is 5.54. The van der Waals surface area contributed by atoms with Gasteiger partial charge >= 0.3 is 12.2 Å². The van der Waals surface area contributed by atoms with E-state index in [-0.39, 0.29) is 24.2 Å². The molecule has 2 N–H and O–H groups in total. The summed E-state index contributed by atoms with van der Waals surface area (Å²) in [5.41, 5.74) is -2.31. The monoisotopic (exact) mass is 399 g/mol. The Labute approximate surface area is 158 Å². The van der Waals surface area contributed by atoms with E-state index < -0.39 is 35.3 Å². The van der Waals surface area contributed by atoms with E-state index >= 15 is 0 Å². The second-order valence-corrected chi connectivity index (χ2v) is 7.83. The minimum Gasteiger partial charge on any atom is -0.334 e. The SMILES string of the molecule is CC1(CC2CCCN2C(=O)c2cc(C(F)(F)F)nn2C2CC2)NC(=O)NC1=O. The molecule has 4 amide bonds. The van der Waals surface area contributed by atoms with Gasteiger partial charge in [0.15, 0.2) is 5.69 Å². The first-order chi connectivity index (χ1) is 13.1. The van der Waals surface area contributed by atoms with Crippen LogP contribution in [0.2, 0.25) is 0 Å². The number of hydrogen-bond acceptors (Lipinski definition) is 4. The van der Waals surface area contributed by atoms with Crippen molar-refractivity contribution < 1.29 is 27.6 Å². The number of carbonyl (C=O) groups is 3. The summed E-state index contributed by atoms with van der Waals surface area (Å²) in [6.07, 6.45) is -1.78. The van der Waals surface area contributed by atoms with E-state index in [9.17, 15) is 27.6 Å². The molecule has 1 saturated carbocycles. The first-order valence-electron chi connectivity index (χ1n) is 9.20. The molecule has 2 unspecified atom stereocenters. The lowest BCUT2D eigenvalue weighted by atomic mass is 9.92. The zero-order chi connectivity index (χ0) is 20.3. The molecule has 2 saturated heterocycles. The molecular weight excluding hydrogens is 379 g/mol. The van der Waals surface area contributed by atoms with Crippen LogP contribution in [0.1, 0.15) is 61.3 Å². The number of hydrogen-bond donors (Lipinski definition) is 2. The van der Waals surface area contributed by atoms with Crippen molar-refractivity contribution in [3.63, 3.8) is 0 Å². The Morgan fingerprint density at radius 3 is 2.61 bits per heavy atom. The molecule has 28 heavy (non-hydrogen) atoms. The van der Waals surface area contributed by atoms with Crippen molar-refractivity contribution in [1.29, 1.82) is 0 Å². The van der Waals surface area contributed by atoms with E-state index in [0.29, 0.717) is 32.2 Å². The average Bonchev–Trinajstić information content (AvgIpc) is 3.06. The fraction of sp³-hybridized carbons (Fsp3) is 0.647. The molecule has 8 nitrogen and oxygen atoms in total. The van der Waals surface area contributed by atoms with E-state index in [1.807, 2.05) is 0 Å². The van der Waals surface area contributed by atoms with Crippen LogP contribution in [-0.2, 0) is 11.0 Å². The summed E-state index contributed by atoms with van der Waals surface area (Å²) in [4.78, 5) is 38.1. The fourth-order valence-electron chi connectivity index (χ4n) is 3.95. The lowest BCUT2D eigenvalue weighted by Crippen LogP contribution is -2.49. The van der Waals surface area contributed by atoms with Gasteiger partial charge in [-0.3, -0.25) is 19.6 Å². The van der Waals surface area contributed by atoms with Crippen molar-refractivity contribution in [2.75, 3.05) is 6.54 Å². The number of imide groups is 1. The van der Waals surface area contributed by atoms with E-state index in [4.69, 9.17) is 0 Å². The Morgan fingerprint density at radius 2 is 2.04 bits per heavy atom. The molecular formula is C17H20F3N5O3. The molecule has 1 aliphatic carbocycles. The quantitative estimate of drug-likeness (QED) is 0.755. The smallest absolute Gasteiger partial charge is 0.334 e. The number of nitrogens with one attached hydrogen (secondary N) is 2. The molecule has 4 rings (SSSR count). The third-order valence-corrected chi connectivity index (χ3v) is 5.54. The van der Waals surface area contributed by atoms with Gasteiger partial charge in [-0.2, -0.15) is 18.3 Å². The van der Waals surface area contributed by atoms with Crippen molar-refractivity contribution in [1.82, 2.24) is 25.3 Å². The van der Waals surface area contributed by atoms with Crippen molar-refractivity contribution in [2.45, 2.75) is 62.8 Å². The van der Waals surface area contributed by atoms with Crippen LogP contribution in [0, 0.1) is 0 Å². The second kappa shape index (κ2) is 6.21. The highest BCUT2D eigenvalue weighted by atomic mass is 19.4.